The van der Waals surface area contributed by atoms with E-state index in [1.54, 1.807) is 23.6 Å². The number of pyridine rings is 1. The molecule has 3 aromatic rings. The van der Waals surface area contributed by atoms with Crippen molar-refractivity contribution < 1.29 is 13.6 Å². The fourth-order valence-electron chi connectivity index (χ4n) is 1.95. The van der Waals surface area contributed by atoms with Crippen molar-refractivity contribution in [3.8, 4) is 0 Å². The van der Waals surface area contributed by atoms with Gasteiger partial charge in [-0.2, -0.15) is 0 Å². The van der Waals surface area contributed by atoms with Gasteiger partial charge in [-0.05, 0) is 31.2 Å². The molecule has 118 valence electrons. The zero-order valence-electron chi connectivity index (χ0n) is 12.0. The number of amides is 1. The lowest BCUT2D eigenvalue weighted by atomic mass is 10.3. The molecule has 8 heteroatoms. The van der Waals surface area contributed by atoms with Crippen LogP contribution in [-0.2, 0) is 4.79 Å². The number of hydrogen-bond acceptors (Lipinski definition) is 4. The van der Waals surface area contributed by atoms with Gasteiger partial charge in [0.2, 0.25) is 5.91 Å². The first kappa shape index (κ1) is 15.4. The van der Waals surface area contributed by atoms with Crippen LogP contribution in [0, 0.1) is 11.6 Å². The van der Waals surface area contributed by atoms with Crippen molar-refractivity contribution in [2.75, 3.05) is 5.32 Å². The number of carbonyl (C=O) groups is 1. The van der Waals surface area contributed by atoms with Crippen LogP contribution in [0.3, 0.4) is 0 Å². The summed E-state index contributed by atoms with van der Waals surface area (Å²) in [7, 11) is 0. The summed E-state index contributed by atoms with van der Waals surface area (Å²) < 4.78 is 28.9. The van der Waals surface area contributed by atoms with Crippen molar-refractivity contribution in [3.63, 3.8) is 0 Å². The number of anilines is 1. The number of aromatic nitrogens is 3. The monoisotopic (exact) mass is 334 g/mol. The quantitative estimate of drug-likeness (QED) is 0.745. The van der Waals surface area contributed by atoms with Crippen LogP contribution in [0.1, 0.15) is 6.92 Å². The molecule has 0 saturated heterocycles. The van der Waals surface area contributed by atoms with Crippen LogP contribution < -0.4 is 5.32 Å². The smallest absolute Gasteiger partial charge is 0.237 e. The number of carbonyl (C=O) groups excluding carboxylic acids is 1. The molecule has 0 unspecified atom stereocenters. The lowest BCUT2D eigenvalue weighted by Gasteiger charge is -2.12. The number of halogens is 2. The van der Waals surface area contributed by atoms with E-state index in [0.717, 1.165) is 23.9 Å². The maximum Gasteiger partial charge on any atom is 0.237 e. The van der Waals surface area contributed by atoms with E-state index in [9.17, 15) is 13.6 Å². The Kier molecular flexibility index (Phi) is 4.24. The lowest BCUT2D eigenvalue weighted by molar-refractivity contribution is -0.115. The minimum atomic E-state index is -0.816. The molecule has 0 radical (unpaired) electrons. The van der Waals surface area contributed by atoms with Gasteiger partial charge in [-0.15, -0.1) is 10.2 Å². The van der Waals surface area contributed by atoms with E-state index < -0.39 is 28.5 Å². The predicted octanol–water partition coefficient (Wildman–Crippen LogP) is 3.13. The molecule has 5 nitrogen and oxygen atoms in total. The van der Waals surface area contributed by atoms with Crippen molar-refractivity contribution >= 4 is 29.0 Å². The van der Waals surface area contributed by atoms with Crippen LogP contribution in [0.15, 0.2) is 47.8 Å². The number of benzene rings is 1. The van der Waals surface area contributed by atoms with Gasteiger partial charge in [0.25, 0.3) is 0 Å². The molecule has 0 spiro atoms. The molecule has 0 aliphatic heterocycles. The fraction of sp³-hybridized carbons (Fsp3) is 0.133. The van der Waals surface area contributed by atoms with Crippen LogP contribution in [0.2, 0.25) is 0 Å². The van der Waals surface area contributed by atoms with E-state index in [-0.39, 0.29) is 0 Å². The van der Waals surface area contributed by atoms with Gasteiger partial charge < -0.3 is 5.32 Å². The van der Waals surface area contributed by atoms with Gasteiger partial charge in [-0.3, -0.25) is 9.20 Å². The predicted molar refractivity (Wildman–Crippen MR) is 83.3 cm³/mol. The summed E-state index contributed by atoms with van der Waals surface area (Å²) in [5.41, 5.74) is 0.207. The van der Waals surface area contributed by atoms with Gasteiger partial charge in [0.05, 0.1) is 5.25 Å². The maximum atomic E-state index is 13.6. The molecular weight excluding hydrogens is 322 g/mol. The Balaban J connectivity index is 1.75. The number of fused-ring (bicyclic) bond motifs is 1. The van der Waals surface area contributed by atoms with Gasteiger partial charge >= 0.3 is 0 Å². The number of thioether (sulfide) groups is 1. The third kappa shape index (κ3) is 3.16. The van der Waals surface area contributed by atoms with Crippen molar-refractivity contribution in [2.45, 2.75) is 17.3 Å². The molecule has 2 heterocycles. The summed E-state index contributed by atoms with van der Waals surface area (Å²) in [6.45, 7) is 1.63. The Bertz CT molecular complexity index is 847. The van der Waals surface area contributed by atoms with Crippen LogP contribution in [0.5, 0.6) is 0 Å². The number of rotatable bonds is 4. The molecule has 0 aliphatic carbocycles. The maximum absolute atomic E-state index is 13.6. The Morgan fingerprint density at radius 1 is 1.17 bits per heavy atom. The Labute approximate surface area is 134 Å². The van der Waals surface area contributed by atoms with Gasteiger partial charge in [0.1, 0.15) is 17.3 Å². The van der Waals surface area contributed by atoms with Gasteiger partial charge in [0.15, 0.2) is 10.8 Å². The zero-order valence-corrected chi connectivity index (χ0v) is 12.8. The third-order valence-corrected chi connectivity index (χ3v) is 4.20. The average Bonchev–Trinajstić information content (AvgIpc) is 2.94. The molecular formula is C15H12F2N4OS. The van der Waals surface area contributed by atoms with Crippen molar-refractivity contribution in [3.05, 3.63) is 54.2 Å². The highest BCUT2D eigenvalue weighted by Gasteiger charge is 2.20. The van der Waals surface area contributed by atoms with Crippen molar-refractivity contribution in [1.29, 1.82) is 0 Å². The molecule has 1 aromatic carbocycles. The molecule has 23 heavy (non-hydrogen) atoms. The summed E-state index contributed by atoms with van der Waals surface area (Å²) in [6.07, 6.45) is 1.78. The Morgan fingerprint density at radius 2 is 1.91 bits per heavy atom. The van der Waals surface area contributed by atoms with E-state index >= 15 is 0 Å². The van der Waals surface area contributed by atoms with Gasteiger partial charge in [-0.1, -0.05) is 23.9 Å². The molecule has 0 fully saturated rings. The summed E-state index contributed by atoms with van der Waals surface area (Å²) in [4.78, 5) is 12.2. The average molecular weight is 334 g/mol. The fourth-order valence-corrected chi connectivity index (χ4v) is 2.79. The molecule has 2 aromatic heterocycles. The third-order valence-electron chi connectivity index (χ3n) is 3.14. The SMILES string of the molecule is C[C@@H](Sc1nnc2ccccn12)C(=O)Nc1c(F)cccc1F. The van der Waals surface area contributed by atoms with Gasteiger partial charge in [0, 0.05) is 6.20 Å². The molecule has 3 rings (SSSR count). The largest absolute Gasteiger partial charge is 0.320 e. The Morgan fingerprint density at radius 3 is 2.65 bits per heavy atom. The second-order valence-electron chi connectivity index (χ2n) is 4.76. The zero-order chi connectivity index (χ0) is 16.4. The van der Waals surface area contributed by atoms with Crippen molar-refractivity contribution in [2.24, 2.45) is 0 Å². The molecule has 1 N–H and O–H groups in total. The van der Waals surface area contributed by atoms with Crippen LogP contribution in [0.4, 0.5) is 14.5 Å². The van der Waals surface area contributed by atoms with E-state index in [1.807, 2.05) is 12.1 Å². The second-order valence-corrected chi connectivity index (χ2v) is 6.07. The standard InChI is InChI=1S/C15H12F2N4OS/c1-9(14(22)18-13-10(16)5-4-6-11(13)17)23-15-20-19-12-7-2-3-8-21(12)15/h2-9H,1H3,(H,18,22)/t9-/m1/s1. The minimum absolute atomic E-state index is 0.448. The van der Waals surface area contributed by atoms with Crippen LogP contribution in [0.25, 0.3) is 5.65 Å². The summed E-state index contributed by atoms with van der Waals surface area (Å²) in [5, 5.41) is 10.2. The van der Waals surface area contributed by atoms with Gasteiger partial charge in [-0.25, -0.2) is 8.78 Å². The minimum Gasteiger partial charge on any atom is -0.320 e. The molecule has 0 saturated carbocycles. The number of para-hydroxylation sites is 1. The van der Waals surface area contributed by atoms with Crippen LogP contribution >= 0.6 is 11.8 Å². The van der Waals surface area contributed by atoms with Crippen LogP contribution in [-0.4, -0.2) is 25.8 Å². The highest BCUT2D eigenvalue weighted by Crippen LogP contribution is 2.24. The number of nitrogens with one attached hydrogen (secondary N) is 1. The normalized spacial score (nSPS) is 12.3. The second kappa shape index (κ2) is 6.33. The molecule has 1 atom stereocenters. The summed E-state index contributed by atoms with van der Waals surface area (Å²) >= 11 is 1.15. The van der Waals surface area contributed by atoms with E-state index in [2.05, 4.69) is 15.5 Å². The van der Waals surface area contributed by atoms with E-state index in [1.165, 1.54) is 6.07 Å². The number of hydrogen-bond donors (Lipinski definition) is 1. The topological polar surface area (TPSA) is 59.3 Å². The molecule has 1 amide bonds. The first-order valence-corrected chi connectivity index (χ1v) is 7.65. The summed E-state index contributed by atoms with van der Waals surface area (Å²) in [6, 6.07) is 8.85. The first-order chi connectivity index (χ1) is 11.1. The highest BCUT2D eigenvalue weighted by molar-refractivity contribution is 8.00. The molecule has 0 bridgehead atoms. The number of nitrogens with zero attached hydrogens (tertiary/aromatic N) is 3. The van der Waals surface area contributed by atoms with E-state index in [4.69, 9.17) is 0 Å². The Hall–Kier alpha value is -2.48. The summed E-state index contributed by atoms with van der Waals surface area (Å²) in [5.74, 6) is -2.15. The lowest BCUT2D eigenvalue weighted by Crippen LogP contribution is -2.24. The first-order valence-electron chi connectivity index (χ1n) is 6.77. The highest BCUT2D eigenvalue weighted by atomic mass is 32.2. The molecule has 0 aliphatic rings. The van der Waals surface area contributed by atoms with Crippen molar-refractivity contribution in [1.82, 2.24) is 14.6 Å². The van der Waals surface area contributed by atoms with E-state index in [0.29, 0.717) is 10.8 Å².